The van der Waals surface area contributed by atoms with E-state index in [2.05, 4.69) is 10.6 Å². The minimum Gasteiger partial charge on any atom is -0.322 e. The SMILES string of the molecule is Cc1ccc([C@H](NCC(=O)Nc2cc(F)ccc2F)c2ccccc2)cc1. The summed E-state index contributed by atoms with van der Waals surface area (Å²) in [5.74, 6) is -1.74. The molecule has 0 saturated heterocycles. The number of nitrogens with one attached hydrogen (secondary N) is 2. The van der Waals surface area contributed by atoms with Gasteiger partial charge in [-0.15, -0.1) is 0 Å². The van der Waals surface area contributed by atoms with Crippen LogP contribution in [-0.4, -0.2) is 12.5 Å². The molecule has 3 aromatic rings. The van der Waals surface area contributed by atoms with Crippen LogP contribution in [0.5, 0.6) is 0 Å². The smallest absolute Gasteiger partial charge is 0.238 e. The van der Waals surface area contributed by atoms with Crippen molar-refractivity contribution in [2.75, 3.05) is 11.9 Å². The number of hydrogen-bond acceptors (Lipinski definition) is 2. The third kappa shape index (κ3) is 4.99. The van der Waals surface area contributed by atoms with Gasteiger partial charge in [-0.3, -0.25) is 10.1 Å². The van der Waals surface area contributed by atoms with E-state index in [0.29, 0.717) is 0 Å². The van der Waals surface area contributed by atoms with E-state index in [9.17, 15) is 13.6 Å². The normalized spacial score (nSPS) is 11.8. The van der Waals surface area contributed by atoms with Crippen molar-refractivity contribution in [3.8, 4) is 0 Å². The van der Waals surface area contributed by atoms with Crippen LogP contribution in [0.15, 0.2) is 72.8 Å². The molecular weight excluding hydrogens is 346 g/mol. The van der Waals surface area contributed by atoms with Gasteiger partial charge in [-0.1, -0.05) is 60.2 Å². The van der Waals surface area contributed by atoms with Crippen molar-refractivity contribution in [1.29, 1.82) is 0 Å². The second-order valence-corrected chi connectivity index (χ2v) is 6.31. The van der Waals surface area contributed by atoms with Gasteiger partial charge in [0.25, 0.3) is 0 Å². The maximum absolute atomic E-state index is 13.7. The monoisotopic (exact) mass is 366 g/mol. The van der Waals surface area contributed by atoms with Crippen molar-refractivity contribution < 1.29 is 13.6 Å². The van der Waals surface area contributed by atoms with Gasteiger partial charge in [-0.05, 0) is 30.2 Å². The number of benzene rings is 3. The van der Waals surface area contributed by atoms with Crippen molar-refractivity contribution in [3.63, 3.8) is 0 Å². The van der Waals surface area contributed by atoms with Crippen molar-refractivity contribution in [2.24, 2.45) is 0 Å². The van der Waals surface area contributed by atoms with E-state index in [0.717, 1.165) is 34.9 Å². The molecule has 3 aromatic carbocycles. The molecule has 138 valence electrons. The molecule has 0 heterocycles. The van der Waals surface area contributed by atoms with Crippen LogP contribution >= 0.6 is 0 Å². The molecule has 0 aliphatic carbocycles. The van der Waals surface area contributed by atoms with Gasteiger partial charge in [0.1, 0.15) is 11.6 Å². The average Bonchev–Trinajstić information content (AvgIpc) is 2.67. The van der Waals surface area contributed by atoms with E-state index in [-0.39, 0.29) is 18.3 Å². The molecule has 0 radical (unpaired) electrons. The van der Waals surface area contributed by atoms with Crippen molar-refractivity contribution in [2.45, 2.75) is 13.0 Å². The Morgan fingerprint density at radius 3 is 2.30 bits per heavy atom. The van der Waals surface area contributed by atoms with Gasteiger partial charge < -0.3 is 5.32 Å². The van der Waals surface area contributed by atoms with Gasteiger partial charge in [0.15, 0.2) is 0 Å². The first-order valence-corrected chi connectivity index (χ1v) is 8.63. The highest BCUT2D eigenvalue weighted by Gasteiger charge is 2.16. The Hall–Kier alpha value is -3.05. The lowest BCUT2D eigenvalue weighted by molar-refractivity contribution is -0.115. The number of anilines is 1. The molecule has 3 nitrogen and oxygen atoms in total. The molecule has 0 spiro atoms. The van der Waals surface area contributed by atoms with E-state index in [1.807, 2.05) is 61.5 Å². The second kappa shape index (κ2) is 8.56. The molecule has 0 unspecified atom stereocenters. The zero-order valence-corrected chi connectivity index (χ0v) is 14.9. The zero-order chi connectivity index (χ0) is 19.2. The van der Waals surface area contributed by atoms with E-state index >= 15 is 0 Å². The topological polar surface area (TPSA) is 41.1 Å². The summed E-state index contributed by atoms with van der Waals surface area (Å²) in [7, 11) is 0. The first-order chi connectivity index (χ1) is 13.0. The molecule has 1 amide bonds. The highest BCUT2D eigenvalue weighted by atomic mass is 19.1. The van der Waals surface area contributed by atoms with Gasteiger partial charge in [0, 0.05) is 6.07 Å². The van der Waals surface area contributed by atoms with Crippen molar-refractivity contribution in [1.82, 2.24) is 5.32 Å². The lowest BCUT2D eigenvalue weighted by atomic mass is 9.98. The molecule has 5 heteroatoms. The highest BCUT2D eigenvalue weighted by Crippen LogP contribution is 2.22. The van der Waals surface area contributed by atoms with Crippen LogP contribution in [-0.2, 0) is 4.79 Å². The number of amides is 1. The minimum atomic E-state index is -0.678. The molecule has 0 fully saturated rings. The Bertz CT molecular complexity index is 911. The lowest BCUT2D eigenvalue weighted by Crippen LogP contribution is -2.32. The zero-order valence-electron chi connectivity index (χ0n) is 14.9. The van der Waals surface area contributed by atoms with Crippen LogP contribution in [0.2, 0.25) is 0 Å². The summed E-state index contributed by atoms with van der Waals surface area (Å²) in [6, 6.07) is 20.5. The first kappa shape index (κ1) is 18.7. The van der Waals surface area contributed by atoms with Crippen LogP contribution in [0.4, 0.5) is 14.5 Å². The first-order valence-electron chi connectivity index (χ1n) is 8.63. The Morgan fingerprint density at radius 2 is 1.59 bits per heavy atom. The number of aryl methyl sites for hydroxylation is 1. The van der Waals surface area contributed by atoms with Crippen LogP contribution in [0, 0.1) is 18.6 Å². The summed E-state index contributed by atoms with van der Waals surface area (Å²) >= 11 is 0. The number of carbonyl (C=O) groups is 1. The van der Waals surface area contributed by atoms with Crippen molar-refractivity contribution >= 4 is 11.6 Å². The maximum atomic E-state index is 13.7. The Kier molecular flexibility index (Phi) is 5.94. The number of carbonyl (C=O) groups excluding carboxylic acids is 1. The summed E-state index contributed by atoms with van der Waals surface area (Å²) in [6.07, 6.45) is 0. The summed E-state index contributed by atoms with van der Waals surface area (Å²) in [5, 5.41) is 5.60. The Balaban J connectivity index is 1.73. The Morgan fingerprint density at radius 1 is 0.926 bits per heavy atom. The largest absolute Gasteiger partial charge is 0.322 e. The van der Waals surface area contributed by atoms with Crippen molar-refractivity contribution in [3.05, 3.63) is 101 Å². The van der Waals surface area contributed by atoms with Crippen LogP contribution < -0.4 is 10.6 Å². The van der Waals surface area contributed by atoms with Crippen LogP contribution in [0.25, 0.3) is 0 Å². The molecule has 0 aliphatic rings. The maximum Gasteiger partial charge on any atom is 0.238 e. The standard InChI is InChI=1S/C22H20F2N2O/c1-15-7-9-17(10-8-15)22(16-5-3-2-4-6-16)25-14-21(27)26-20-13-18(23)11-12-19(20)24/h2-13,22,25H,14H2,1H3,(H,26,27)/t22-/m1/s1. The molecular formula is C22H20F2N2O. The molecule has 0 saturated carbocycles. The van der Waals surface area contributed by atoms with E-state index in [4.69, 9.17) is 0 Å². The predicted octanol–water partition coefficient (Wildman–Crippen LogP) is 4.59. The van der Waals surface area contributed by atoms with E-state index < -0.39 is 17.5 Å². The molecule has 1 atom stereocenters. The Labute approximate surface area is 157 Å². The third-order valence-electron chi connectivity index (χ3n) is 4.21. The summed E-state index contributed by atoms with van der Waals surface area (Å²) in [4.78, 5) is 12.2. The molecule has 2 N–H and O–H groups in total. The number of halogens is 2. The predicted molar refractivity (Wildman–Crippen MR) is 102 cm³/mol. The van der Waals surface area contributed by atoms with Gasteiger partial charge in [-0.25, -0.2) is 8.78 Å². The molecule has 27 heavy (non-hydrogen) atoms. The highest BCUT2D eigenvalue weighted by molar-refractivity contribution is 5.92. The van der Waals surface area contributed by atoms with Gasteiger partial charge in [0.2, 0.25) is 5.91 Å². The second-order valence-electron chi connectivity index (χ2n) is 6.31. The van der Waals surface area contributed by atoms with E-state index in [1.54, 1.807) is 0 Å². The van der Waals surface area contributed by atoms with Crippen LogP contribution in [0.3, 0.4) is 0 Å². The molecule has 0 bridgehead atoms. The lowest BCUT2D eigenvalue weighted by Gasteiger charge is -2.20. The fourth-order valence-corrected chi connectivity index (χ4v) is 2.81. The van der Waals surface area contributed by atoms with Gasteiger partial charge in [-0.2, -0.15) is 0 Å². The quantitative estimate of drug-likeness (QED) is 0.670. The summed E-state index contributed by atoms with van der Waals surface area (Å²) in [5.41, 5.74) is 2.99. The van der Waals surface area contributed by atoms with Gasteiger partial charge in [0.05, 0.1) is 18.3 Å². The fraction of sp³-hybridized carbons (Fsp3) is 0.136. The minimum absolute atomic E-state index is 0.0522. The van der Waals surface area contributed by atoms with E-state index in [1.165, 1.54) is 0 Å². The fourth-order valence-electron chi connectivity index (χ4n) is 2.81. The summed E-state index contributed by atoms with van der Waals surface area (Å²) in [6.45, 7) is 1.96. The summed E-state index contributed by atoms with van der Waals surface area (Å²) < 4.78 is 26.9. The molecule has 3 rings (SSSR count). The number of hydrogen-bond donors (Lipinski definition) is 2. The van der Waals surface area contributed by atoms with Crippen LogP contribution in [0.1, 0.15) is 22.7 Å². The number of rotatable bonds is 6. The van der Waals surface area contributed by atoms with Gasteiger partial charge >= 0.3 is 0 Å². The third-order valence-corrected chi connectivity index (χ3v) is 4.21. The average molecular weight is 366 g/mol. The molecule has 0 aliphatic heterocycles. The molecule has 0 aromatic heterocycles.